The summed E-state index contributed by atoms with van der Waals surface area (Å²) in [6.07, 6.45) is 2.20. The van der Waals surface area contributed by atoms with Crippen LogP contribution in [0.5, 0.6) is 11.8 Å². The van der Waals surface area contributed by atoms with E-state index in [1.807, 2.05) is 13.8 Å². The molecule has 7 N–H and O–H groups in total. The third kappa shape index (κ3) is 7.29. The molecule has 6 rings (SSSR count). The summed E-state index contributed by atoms with van der Waals surface area (Å²) in [4.78, 5) is 26.1. The summed E-state index contributed by atoms with van der Waals surface area (Å²) in [7, 11) is -4.07. The summed E-state index contributed by atoms with van der Waals surface area (Å²) >= 11 is 0. The highest BCUT2D eigenvalue weighted by atomic mass is 32.2. The smallest absolute Gasteiger partial charge is 0.490 e. The van der Waals surface area contributed by atoms with Crippen LogP contribution < -0.4 is 15.8 Å². The number of carboxylic acid groups (broad SMARTS) is 1. The molecular formula is C28H38F3N5O7S. The third-order valence-electron chi connectivity index (χ3n) is 8.89. The van der Waals surface area contributed by atoms with E-state index in [4.69, 9.17) is 15.6 Å². The fourth-order valence-electron chi connectivity index (χ4n) is 6.96. The largest absolute Gasteiger partial charge is 0.494 e. The Morgan fingerprint density at radius 3 is 2.00 bits per heavy atom. The highest BCUT2D eigenvalue weighted by Crippen LogP contribution is 2.57. The number of carbonyl (C=O) groups excluding carboxylic acids is 1. The van der Waals surface area contributed by atoms with Crippen LogP contribution in [0.3, 0.4) is 0 Å². The Morgan fingerprint density at radius 2 is 1.57 bits per heavy atom. The fraction of sp³-hybridized carbons (Fsp3) is 0.607. The number of aliphatic carboxylic acids is 1. The maximum atomic E-state index is 13.3. The molecule has 4 fully saturated rings. The van der Waals surface area contributed by atoms with E-state index < -0.39 is 33.7 Å². The number of nitrogens with one attached hydrogen (secondary N) is 2. The normalized spacial score (nSPS) is 26.6. The molecule has 4 aliphatic rings. The number of nitrogens with zero attached hydrogens (tertiary/aromatic N) is 2. The summed E-state index contributed by atoms with van der Waals surface area (Å²) in [5, 5.41) is 29.9. The van der Waals surface area contributed by atoms with Crippen molar-refractivity contribution in [1.29, 1.82) is 0 Å². The van der Waals surface area contributed by atoms with Gasteiger partial charge in [0.05, 0.1) is 0 Å². The van der Waals surface area contributed by atoms with Crippen molar-refractivity contribution in [3.63, 3.8) is 0 Å². The monoisotopic (exact) mass is 645 g/mol. The number of rotatable bonds is 9. The second-order valence-electron chi connectivity index (χ2n) is 12.5. The average molecular weight is 646 g/mol. The van der Waals surface area contributed by atoms with E-state index in [2.05, 4.69) is 15.0 Å². The minimum absolute atomic E-state index is 0.0756. The molecule has 0 aliphatic heterocycles. The van der Waals surface area contributed by atoms with Gasteiger partial charge in [0.1, 0.15) is 16.8 Å². The summed E-state index contributed by atoms with van der Waals surface area (Å²) in [5.41, 5.74) is 6.50. The van der Waals surface area contributed by atoms with Crippen LogP contribution >= 0.6 is 0 Å². The lowest BCUT2D eigenvalue weighted by atomic mass is 9.49. The maximum Gasteiger partial charge on any atom is 0.490 e. The summed E-state index contributed by atoms with van der Waals surface area (Å²) < 4.78 is 61.7. The molecule has 2 heterocycles. The molecule has 12 nitrogen and oxygen atoms in total. The van der Waals surface area contributed by atoms with Crippen LogP contribution in [-0.2, 0) is 19.6 Å². The van der Waals surface area contributed by atoms with Crippen LogP contribution in [0.4, 0.5) is 13.2 Å². The second kappa shape index (κ2) is 12.6. The quantitative estimate of drug-likeness (QED) is 0.238. The predicted molar refractivity (Wildman–Crippen MR) is 151 cm³/mol. The van der Waals surface area contributed by atoms with Crippen LogP contribution in [0.1, 0.15) is 52.4 Å². The van der Waals surface area contributed by atoms with E-state index >= 15 is 0 Å². The highest BCUT2D eigenvalue weighted by Gasteiger charge is 2.55. The number of halogens is 3. The molecule has 16 heteroatoms. The number of aromatic nitrogens is 2. The average Bonchev–Trinajstić information content (AvgIpc) is 3.26. The molecule has 4 saturated carbocycles. The topological polar surface area (TPSA) is 197 Å². The zero-order valence-corrected chi connectivity index (χ0v) is 25.1. The lowest BCUT2D eigenvalue weighted by Crippen LogP contribution is -2.67. The van der Waals surface area contributed by atoms with Crippen molar-refractivity contribution in [2.45, 2.75) is 75.0 Å². The van der Waals surface area contributed by atoms with E-state index in [0.717, 1.165) is 48.3 Å². The van der Waals surface area contributed by atoms with Gasteiger partial charge in [0.15, 0.2) is 11.8 Å². The van der Waals surface area contributed by atoms with Gasteiger partial charge in [0.2, 0.25) is 15.9 Å². The molecule has 0 saturated heterocycles. The number of hydrogen-bond acceptors (Lipinski definition) is 8. The molecule has 4 bridgehead atoms. The van der Waals surface area contributed by atoms with Crippen LogP contribution in [0.25, 0.3) is 5.82 Å². The van der Waals surface area contributed by atoms with Gasteiger partial charge in [-0.05, 0) is 80.2 Å². The van der Waals surface area contributed by atoms with Gasteiger partial charge in [0, 0.05) is 30.4 Å². The minimum Gasteiger partial charge on any atom is -0.494 e. The number of alkyl halides is 3. The Morgan fingerprint density at radius 1 is 1.05 bits per heavy atom. The standard InChI is InChI=1S/C26H37N5O5S.C2HF3O2/c1-15(2)7-21(25(34)29-14-26(27)18-9-16-8-17(11-18)12-19(26)10-16)30-37(35,36)20-3-4-22(28-13-20)31-23(32)5-6-24(31)33;3-2(4,5)1(6)7/h3-6,13,15-19,21,30,32-33H,7-12,14,27H2,1-2H3,(H,29,34);(H,6,7)/t16?,17?,18?,19?,21-,26?;/m0./s1. The fourth-order valence-corrected chi connectivity index (χ4v) is 8.12. The molecule has 1 atom stereocenters. The van der Waals surface area contributed by atoms with Gasteiger partial charge in [-0.2, -0.15) is 17.9 Å². The Hall–Kier alpha value is -3.37. The van der Waals surface area contributed by atoms with Crippen LogP contribution in [0.2, 0.25) is 0 Å². The molecule has 0 spiro atoms. The molecule has 4 aliphatic carbocycles. The van der Waals surface area contributed by atoms with Crippen molar-refractivity contribution in [1.82, 2.24) is 19.6 Å². The number of sulfonamides is 1. The van der Waals surface area contributed by atoms with E-state index in [0.29, 0.717) is 24.8 Å². The third-order valence-corrected chi connectivity index (χ3v) is 10.3. The first-order chi connectivity index (χ1) is 20.4. The van der Waals surface area contributed by atoms with Crippen molar-refractivity contribution in [3.05, 3.63) is 30.5 Å². The van der Waals surface area contributed by atoms with Crippen LogP contribution in [0, 0.1) is 29.6 Å². The molecule has 1 amide bonds. The SMILES string of the molecule is CC(C)C[C@H](NS(=O)(=O)c1ccc(-n2c(O)ccc2O)nc1)C(=O)NCC1(N)C2CC3CC(C2)CC1C3.O=C(O)C(F)(F)F. The minimum atomic E-state index is -5.08. The predicted octanol–water partition coefficient (Wildman–Crippen LogP) is 2.88. The van der Waals surface area contributed by atoms with Crippen molar-refractivity contribution in [3.8, 4) is 17.6 Å². The van der Waals surface area contributed by atoms with E-state index in [1.165, 1.54) is 30.7 Å². The molecule has 2 aromatic rings. The first-order valence-electron chi connectivity index (χ1n) is 14.4. The van der Waals surface area contributed by atoms with E-state index in [-0.39, 0.29) is 34.3 Å². The number of carboxylic acids is 1. The van der Waals surface area contributed by atoms with Gasteiger partial charge >= 0.3 is 12.1 Å². The van der Waals surface area contributed by atoms with Crippen molar-refractivity contribution in [2.75, 3.05) is 6.54 Å². The Bertz CT molecular complexity index is 1410. The zero-order valence-electron chi connectivity index (χ0n) is 24.3. The zero-order chi connectivity index (χ0) is 32.6. The van der Waals surface area contributed by atoms with E-state index in [1.54, 1.807) is 0 Å². The number of carbonyl (C=O) groups is 2. The molecule has 0 radical (unpaired) electrons. The van der Waals surface area contributed by atoms with Gasteiger partial charge in [-0.1, -0.05) is 13.8 Å². The molecule has 0 unspecified atom stereocenters. The van der Waals surface area contributed by atoms with Crippen LogP contribution in [-0.4, -0.2) is 69.5 Å². The van der Waals surface area contributed by atoms with Gasteiger partial charge in [-0.15, -0.1) is 0 Å². The Labute approximate surface area is 252 Å². The molecule has 244 valence electrons. The molecule has 0 aromatic carbocycles. The van der Waals surface area contributed by atoms with Crippen LogP contribution in [0.15, 0.2) is 35.4 Å². The lowest BCUT2D eigenvalue weighted by Gasteiger charge is -2.60. The number of nitrogens with two attached hydrogens (primary N) is 1. The number of pyridine rings is 1. The molecule has 2 aromatic heterocycles. The lowest BCUT2D eigenvalue weighted by molar-refractivity contribution is -0.192. The summed E-state index contributed by atoms with van der Waals surface area (Å²) in [5.74, 6) is -1.02. The van der Waals surface area contributed by atoms with Gasteiger partial charge in [-0.25, -0.2) is 22.8 Å². The first kappa shape index (κ1) is 33.5. The highest BCUT2D eigenvalue weighted by molar-refractivity contribution is 7.89. The summed E-state index contributed by atoms with van der Waals surface area (Å²) in [6.45, 7) is 4.23. The van der Waals surface area contributed by atoms with Gasteiger partial charge < -0.3 is 26.4 Å². The second-order valence-corrected chi connectivity index (χ2v) is 14.2. The van der Waals surface area contributed by atoms with Crippen molar-refractivity contribution < 1.29 is 46.5 Å². The number of amides is 1. The Kier molecular flexibility index (Phi) is 9.57. The number of aromatic hydroxyl groups is 2. The maximum absolute atomic E-state index is 13.3. The number of hydrogen-bond donors (Lipinski definition) is 6. The first-order valence-corrected chi connectivity index (χ1v) is 15.8. The van der Waals surface area contributed by atoms with Gasteiger partial charge in [-0.3, -0.25) is 4.79 Å². The van der Waals surface area contributed by atoms with Crippen molar-refractivity contribution >= 4 is 21.9 Å². The van der Waals surface area contributed by atoms with Crippen molar-refractivity contribution in [2.24, 2.45) is 35.3 Å². The Balaban J connectivity index is 0.000000566. The molecular weight excluding hydrogens is 607 g/mol. The van der Waals surface area contributed by atoms with E-state index in [9.17, 15) is 36.6 Å². The van der Waals surface area contributed by atoms with Gasteiger partial charge in [0.25, 0.3) is 0 Å². The summed E-state index contributed by atoms with van der Waals surface area (Å²) in [6, 6.07) is 4.33. The molecule has 44 heavy (non-hydrogen) atoms.